The Hall–Kier alpha value is -1.77. The number of likely N-dealkylation sites (tertiary alicyclic amines) is 1. The van der Waals surface area contributed by atoms with Crippen molar-refractivity contribution in [1.29, 1.82) is 0 Å². The van der Waals surface area contributed by atoms with Crippen LogP contribution in [0, 0.1) is 5.92 Å². The van der Waals surface area contributed by atoms with Gasteiger partial charge in [0, 0.05) is 45.6 Å². The van der Waals surface area contributed by atoms with E-state index >= 15 is 0 Å². The summed E-state index contributed by atoms with van der Waals surface area (Å²) in [6, 6.07) is 0.568. The van der Waals surface area contributed by atoms with Crippen LogP contribution >= 0.6 is 11.8 Å². The number of rotatable bonds is 8. The number of carbonyl (C=O) groups excluding carboxylic acids is 1. The van der Waals surface area contributed by atoms with Crippen LogP contribution in [-0.4, -0.2) is 64.5 Å². The molecule has 2 fully saturated rings. The average molecular weight is 422 g/mol. The van der Waals surface area contributed by atoms with Crippen molar-refractivity contribution < 1.29 is 4.79 Å². The zero-order valence-electron chi connectivity index (χ0n) is 17.8. The molecule has 0 radical (unpaired) electrons. The van der Waals surface area contributed by atoms with Gasteiger partial charge in [0.25, 0.3) is 0 Å². The van der Waals surface area contributed by atoms with Crippen LogP contribution in [0.3, 0.4) is 0 Å². The summed E-state index contributed by atoms with van der Waals surface area (Å²) >= 11 is 1.69. The molecule has 1 saturated heterocycles. The molecule has 2 heterocycles. The van der Waals surface area contributed by atoms with Crippen LogP contribution in [0.2, 0.25) is 0 Å². The molecule has 1 amide bonds. The summed E-state index contributed by atoms with van der Waals surface area (Å²) in [7, 11) is 1.82. The lowest BCUT2D eigenvalue weighted by molar-refractivity contribution is -0.119. The highest BCUT2D eigenvalue weighted by Gasteiger charge is 2.25. The van der Waals surface area contributed by atoms with Crippen LogP contribution in [-0.2, 0) is 11.2 Å². The SMILES string of the molecule is CN=C(NCCCc1nnc(SC)n1C1CCCC1)N1CCCC(CC(N)=O)C1. The number of amides is 1. The smallest absolute Gasteiger partial charge is 0.217 e. The Bertz CT molecular complexity index is 699. The number of hydrogen-bond donors (Lipinski definition) is 2. The predicted molar refractivity (Wildman–Crippen MR) is 117 cm³/mol. The molecule has 3 N–H and O–H groups in total. The lowest BCUT2D eigenvalue weighted by Gasteiger charge is -2.34. The molecule has 0 spiro atoms. The van der Waals surface area contributed by atoms with Crippen molar-refractivity contribution in [3.63, 3.8) is 0 Å². The zero-order chi connectivity index (χ0) is 20.6. The number of thioether (sulfide) groups is 1. The summed E-state index contributed by atoms with van der Waals surface area (Å²) in [5.41, 5.74) is 5.38. The summed E-state index contributed by atoms with van der Waals surface area (Å²) in [6.45, 7) is 2.66. The molecular weight excluding hydrogens is 386 g/mol. The monoisotopic (exact) mass is 421 g/mol. The van der Waals surface area contributed by atoms with E-state index in [1.54, 1.807) is 11.8 Å². The maximum Gasteiger partial charge on any atom is 0.217 e. The predicted octanol–water partition coefficient (Wildman–Crippen LogP) is 2.21. The number of nitrogens with one attached hydrogen (secondary N) is 1. The quantitative estimate of drug-likeness (QED) is 0.289. The molecule has 3 rings (SSSR count). The third-order valence-corrected chi connectivity index (χ3v) is 6.63. The molecule has 1 aromatic rings. The van der Waals surface area contributed by atoms with Crippen molar-refractivity contribution in [1.82, 2.24) is 25.0 Å². The van der Waals surface area contributed by atoms with E-state index in [9.17, 15) is 4.79 Å². The summed E-state index contributed by atoms with van der Waals surface area (Å²) in [5.74, 6) is 2.14. The minimum atomic E-state index is -0.212. The molecule has 0 bridgehead atoms. The van der Waals surface area contributed by atoms with Gasteiger partial charge in [-0.25, -0.2) is 0 Å². The molecule has 29 heavy (non-hydrogen) atoms. The van der Waals surface area contributed by atoms with E-state index in [4.69, 9.17) is 5.73 Å². The molecule has 1 unspecified atom stereocenters. The largest absolute Gasteiger partial charge is 0.370 e. The molecule has 0 aromatic carbocycles. The first-order valence-corrected chi connectivity index (χ1v) is 12.1. The third-order valence-electron chi connectivity index (χ3n) is 5.99. The Kier molecular flexibility index (Phi) is 8.20. The van der Waals surface area contributed by atoms with Crippen LogP contribution in [0.25, 0.3) is 0 Å². The fraction of sp³-hybridized carbons (Fsp3) is 0.800. The van der Waals surface area contributed by atoms with Crippen LogP contribution in [0.5, 0.6) is 0 Å². The first-order valence-electron chi connectivity index (χ1n) is 10.8. The number of nitrogens with two attached hydrogens (primary N) is 1. The second-order valence-corrected chi connectivity index (χ2v) is 8.89. The van der Waals surface area contributed by atoms with E-state index in [0.717, 1.165) is 62.3 Å². The number of aryl methyl sites for hydroxylation is 1. The van der Waals surface area contributed by atoms with Gasteiger partial charge in [0.2, 0.25) is 5.91 Å². The number of carbonyl (C=O) groups is 1. The molecule has 2 aliphatic rings. The van der Waals surface area contributed by atoms with Crippen LogP contribution in [0.15, 0.2) is 10.1 Å². The number of aliphatic imine (C=N–C) groups is 1. The van der Waals surface area contributed by atoms with E-state index in [1.165, 1.54) is 25.7 Å². The summed E-state index contributed by atoms with van der Waals surface area (Å²) in [4.78, 5) is 17.9. The first-order chi connectivity index (χ1) is 14.1. The van der Waals surface area contributed by atoms with Gasteiger partial charge in [-0.1, -0.05) is 24.6 Å². The summed E-state index contributed by atoms with van der Waals surface area (Å²) in [5, 5.41) is 13.4. The first kappa shape index (κ1) is 21.9. The van der Waals surface area contributed by atoms with Gasteiger partial charge in [-0.3, -0.25) is 9.79 Å². The maximum atomic E-state index is 11.2. The van der Waals surface area contributed by atoms with Crippen molar-refractivity contribution in [2.45, 2.75) is 69.0 Å². The number of piperidine rings is 1. The standard InChI is InChI=1S/C20H35N7OS/c1-22-19(26-12-6-7-15(14-26)13-17(21)28)23-11-5-10-18-24-25-20(29-2)27(18)16-8-3-4-9-16/h15-16H,3-14H2,1-2H3,(H2,21,28)(H,22,23). The number of aromatic nitrogens is 3. The molecule has 1 saturated carbocycles. The van der Waals surface area contributed by atoms with E-state index in [1.807, 2.05) is 7.05 Å². The Morgan fingerprint density at radius 3 is 2.76 bits per heavy atom. The topological polar surface area (TPSA) is 101 Å². The van der Waals surface area contributed by atoms with Gasteiger partial charge in [0.1, 0.15) is 5.82 Å². The van der Waals surface area contributed by atoms with Gasteiger partial charge in [-0.2, -0.15) is 0 Å². The maximum absolute atomic E-state index is 11.2. The van der Waals surface area contributed by atoms with E-state index < -0.39 is 0 Å². The molecular formula is C20H35N7OS. The summed E-state index contributed by atoms with van der Waals surface area (Å²) < 4.78 is 2.38. The van der Waals surface area contributed by atoms with Crippen molar-refractivity contribution in [2.24, 2.45) is 16.6 Å². The van der Waals surface area contributed by atoms with Crippen molar-refractivity contribution in [3.8, 4) is 0 Å². The second kappa shape index (κ2) is 10.8. The van der Waals surface area contributed by atoms with Crippen LogP contribution < -0.4 is 11.1 Å². The minimum Gasteiger partial charge on any atom is -0.370 e. The van der Waals surface area contributed by atoms with Crippen molar-refractivity contribution in [2.75, 3.05) is 32.9 Å². The minimum absolute atomic E-state index is 0.212. The molecule has 1 atom stereocenters. The molecule has 1 aromatic heterocycles. The summed E-state index contributed by atoms with van der Waals surface area (Å²) in [6.07, 6.45) is 11.7. The fourth-order valence-electron chi connectivity index (χ4n) is 4.63. The van der Waals surface area contributed by atoms with E-state index in [0.29, 0.717) is 18.4 Å². The molecule has 1 aliphatic heterocycles. The Labute approximate surface area is 178 Å². The van der Waals surface area contributed by atoms with Gasteiger partial charge in [-0.15, -0.1) is 10.2 Å². The van der Waals surface area contributed by atoms with Gasteiger partial charge in [0.05, 0.1) is 0 Å². The fourth-order valence-corrected chi connectivity index (χ4v) is 5.21. The number of primary amides is 1. The highest BCUT2D eigenvalue weighted by atomic mass is 32.2. The lowest BCUT2D eigenvalue weighted by Crippen LogP contribution is -2.47. The number of guanidine groups is 1. The van der Waals surface area contributed by atoms with Crippen molar-refractivity contribution >= 4 is 23.6 Å². The van der Waals surface area contributed by atoms with Gasteiger partial charge < -0.3 is 20.5 Å². The van der Waals surface area contributed by atoms with Gasteiger partial charge in [0.15, 0.2) is 11.1 Å². The number of hydrogen-bond acceptors (Lipinski definition) is 5. The van der Waals surface area contributed by atoms with E-state index in [2.05, 4.69) is 36.2 Å². The lowest BCUT2D eigenvalue weighted by atomic mass is 9.95. The highest BCUT2D eigenvalue weighted by molar-refractivity contribution is 7.98. The van der Waals surface area contributed by atoms with Gasteiger partial charge in [-0.05, 0) is 44.3 Å². The third kappa shape index (κ3) is 5.87. The number of nitrogens with zero attached hydrogens (tertiary/aromatic N) is 5. The highest BCUT2D eigenvalue weighted by Crippen LogP contribution is 2.33. The average Bonchev–Trinajstić information content (AvgIpc) is 3.37. The molecule has 8 nitrogen and oxygen atoms in total. The Balaban J connectivity index is 1.49. The Morgan fingerprint density at radius 2 is 2.07 bits per heavy atom. The molecule has 9 heteroatoms. The van der Waals surface area contributed by atoms with Crippen LogP contribution in [0.1, 0.15) is 63.2 Å². The molecule has 162 valence electrons. The van der Waals surface area contributed by atoms with Crippen LogP contribution in [0.4, 0.5) is 0 Å². The molecule has 1 aliphatic carbocycles. The Morgan fingerprint density at radius 1 is 1.28 bits per heavy atom. The van der Waals surface area contributed by atoms with Gasteiger partial charge >= 0.3 is 0 Å². The van der Waals surface area contributed by atoms with E-state index in [-0.39, 0.29) is 5.91 Å². The second-order valence-electron chi connectivity index (χ2n) is 8.11. The zero-order valence-corrected chi connectivity index (χ0v) is 18.6. The normalized spacial score (nSPS) is 21.0. The van der Waals surface area contributed by atoms with Crippen molar-refractivity contribution in [3.05, 3.63) is 5.82 Å².